The summed E-state index contributed by atoms with van der Waals surface area (Å²) in [5.74, 6) is -1.84. The zero-order chi connectivity index (χ0) is 24.0. The number of anilines is 2. The Morgan fingerprint density at radius 2 is 1.76 bits per heavy atom. The summed E-state index contributed by atoms with van der Waals surface area (Å²) in [5, 5.41) is 2.99. The van der Waals surface area contributed by atoms with Crippen molar-refractivity contribution in [2.75, 3.05) is 23.9 Å². The predicted octanol–water partition coefficient (Wildman–Crippen LogP) is 3.46. The summed E-state index contributed by atoms with van der Waals surface area (Å²) in [4.78, 5) is 52.1. The molecule has 2 bridgehead atoms. The summed E-state index contributed by atoms with van der Waals surface area (Å²) in [5.41, 5.74) is 0.800. The van der Waals surface area contributed by atoms with E-state index in [2.05, 4.69) is 5.32 Å². The lowest BCUT2D eigenvalue weighted by molar-refractivity contribution is -0.123. The average molecular weight is 481 g/mol. The predicted molar refractivity (Wildman–Crippen MR) is 124 cm³/mol. The number of nitrogens with one attached hydrogen (secondary N) is 1. The fourth-order valence-electron chi connectivity index (χ4n) is 5.11. The van der Waals surface area contributed by atoms with E-state index in [1.165, 1.54) is 30.2 Å². The van der Waals surface area contributed by atoms with Crippen molar-refractivity contribution < 1.29 is 28.7 Å². The maximum Gasteiger partial charge on any atom is 0.338 e. The molecule has 3 aliphatic rings. The van der Waals surface area contributed by atoms with Gasteiger partial charge in [-0.15, -0.1) is 0 Å². The highest BCUT2D eigenvalue weighted by Crippen LogP contribution is 2.53. The Morgan fingerprint density at radius 3 is 2.44 bits per heavy atom. The van der Waals surface area contributed by atoms with Crippen molar-refractivity contribution >= 4 is 46.7 Å². The van der Waals surface area contributed by atoms with Crippen molar-refractivity contribution in [1.82, 2.24) is 0 Å². The number of hydrogen-bond acceptors (Lipinski definition) is 6. The van der Waals surface area contributed by atoms with E-state index in [1.807, 2.05) is 12.2 Å². The molecule has 34 heavy (non-hydrogen) atoms. The van der Waals surface area contributed by atoms with Crippen molar-refractivity contribution in [2.24, 2.45) is 23.7 Å². The molecule has 0 spiro atoms. The number of amides is 3. The molecule has 1 saturated heterocycles. The normalized spacial score (nSPS) is 24.4. The molecule has 2 fully saturated rings. The van der Waals surface area contributed by atoms with Crippen molar-refractivity contribution in [1.29, 1.82) is 0 Å². The number of esters is 1. The van der Waals surface area contributed by atoms with Gasteiger partial charge in [-0.25, -0.2) is 9.69 Å². The molecular weight excluding hydrogens is 460 g/mol. The van der Waals surface area contributed by atoms with Crippen LogP contribution in [-0.2, 0) is 19.1 Å². The van der Waals surface area contributed by atoms with Gasteiger partial charge in [0.05, 0.1) is 35.9 Å². The first-order valence-electron chi connectivity index (χ1n) is 10.8. The maximum atomic E-state index is 13.0. The molecular formula is C25H21ClN2O6. The lowest BCUT2D eigenvalue weighted by Crippen LogP contribution is -2.33. The van der Waals surface area contributed by atoms with Crippen LogP contribution >= 0.6 is 11.6 Å². The van der Waals surface area contributed by atoms with Gasteiger partial charge in [0, 0.05) is 5.02 Å². The van der Waals surface area contributed by atoms with E-state index in [-0.39, 0.29) is 41.0 Å². The number of fused-ring (bicyclic) bond motifs is 5. The van der Waals surface area contributed by atoms with Gasteiger partial charge in [0.15, 0.2) is 6.61 Å². The van der Waals surface area contributed by atoms with Crippen molar-refractivity contribution in [3.8, 4) is 5.75 Å². The second kappa shape index (κ2) is 8.61. The Bertz CT molecular complexity index is 1210. The van der Waals surface area contributed by atoms with Gasteiger partial charge in [-0.05, 0) is 54.7 Å². The van der Waals surface area contributed by atoms with Gasteiger partial charge >= 0.3 is 5.97 Å². The molecule has 0 radical (unpaired) electrons. The highest BCUT2D eigenvalue weighted by atomic mass is 35.5. The quantitative estimate of drug-likeness (QED) is 0.386. The molecule has 3 amide bonds. The molecule has 2 aromatic rings. The number of imide groups is 1. The van der Waals surface area contributed by atoms with E-state index in [0.29, 0.717) is 22.1 Å². The first kappa shape index (κ1) is 22.2. The number of allylic oxidation sites excluding steroid dienone is 2. The minimum absolute atomic E-state index is 0.0984. The SMILES string of the molecule is COc1ccc(Cl)cc1NC(=O)COC(=O)c1cccc(N2C(=O)[C@@H]3[C@H](C2=O)[C@H]2C=C[C@H]3C2)c1. The smallest absolute Gasteiger partial charge is 0.338 e. The van der Waals surface area contributed by atoms with E-state index in [0.717, 1.165) is 6.42 Å². The Hall–Kier alpha value is -3.65. The van der Waals surface area contributed by atoms with Crippen LogP contribution in [0, 0.1) is 23.7 Å². The molecule has 1 aliphatic heterocycles. The monoisotopic (exact) mass is 480 g/mol. The highest BCUT2D eigenvalue weighted by Gasteiger charge is 2.59. The zero-order valence-electron chi connectivity index (χ0n) is 18.2. The minimum atomic E-state index is -0.754. The summed E-state index contributed by atoms with van der Waals surface area (Å²) in [7, 11) is 1.45. The van der Waals surface area contributed by atoms with Crippen LogP contribution in [0.1, 0.15) is 16.8 Å². The Balaban J connectivity index is 1.25. The van der Waals surface area contributed by atoms with E-state index < -0.39 is 18.5 Å². The summed E-state index contributed by atoms with van der Waals surface area (Å²) in [6.45, 7) is -0.542. The first-order chi connectivity index (χ1) is 16.4. The third-order valence-electron chi connectivity index (χ3n) is 6.58. The second-order valence-corrected chi connectivity index (χ2v) is 8.97. The van der Waals surface area contributed by atoms with E-state index in [4.69, 9.17) is 21.1 Å². The van der Waals surface area contributed by atoms with Crippen molar-refractivity contribution in [2.45, 2.75) is 6.42 Å². The van der Waals surface area contributed by atoms with E-state index in [9.17, 15) is 19.2 Å². The summed E-state index contributed by atoms with van der Waals surface area (Å²) < 4.78 is 10.3. The van der Waals surface area contributed by atoms with E-state index >= 15 is 0 Å². The van der Waals surface area contributed by atoms with Crippen LogP contribution in [0.5, 0.6) is 5.75 Å². The molecule has 2 aliphatic carbocycles. The topological polar surface area (TPSA) is 102 Å². The van der Waals surface area contributed by atoms with Crippen molar-refractivity contribution in [3.63, 3.8) is 0 Å². The molecule has 1 N–H and O–H groups in total. The lowest BCUT2D eigenvalue weighted by Gasteiger charge is -2.18. The molecule has 0 unspecified atom stereocenters. The number of benzene rings is 2. The molecule has 4 atom stereocenters. The van der Waals surface area contributed by atoms with Crippen LogP contribution in [0.4, 0.5) is 11.4 Å². The number of rotatable bonds is 6. The summed E-state index contributed by atoms with van der Waals surface area (Å²) in [6.07, 6.45) is 4.90. The van der Waals surface area contributed by atoms with Gasteiger partial charge in [-0.3, -0.25) is 14.4 Å². The average Bonchev–Trinajstić information content (AvgIpc) is 3.51. The summed E-state index contributed by atoms with van der Waals surface area (Å²) in [6, 6.07) is 10.9. The number of carbonyl (C=O) groups excluding carboxylic acids is 4. The van der Waals surface area contributed by atoms with Crippen LogP contribution in [0.2, 0.25) is 5.02 Å². The van der Waals surface area contributed by atoms with Gasteiger partial charge in [0.2, 0.25) is 11.8 Å². The second-order valence-electron chi connectivity index (χ2n) is 8.53. The lowest BCUT2D eigenvalue weighted by atomic mass is 9.85. The molecule has 174 valence electrons. The first-order valence-corrected chi connectivity index (χ1v) is 11.2. The molecule has 8 nitrogen and oxygen atoms in total. The van der Waals surface area contributed by atoms with Gasteiger partial charge in [-0.2, -0.15) is 0 Å². The largest absolute Gasteiger partial charge is 0.495 e. The minimum Gasteiger partial charge on any atom is -0.495 e. The van der Waals surface area contributed by atoms with Gasteiger partial charge in [0.1, 0.15) is 5.75 Å². The zero-order valence-corrected chi connectivity index (χ0v) is 19.0. The fraction of sp³-hybridized carbons (Fsp3) is 0.280. The van der Waals surface area contributed by atoms with Crippen LogP contribution in [0.3, 0.4) is 0 Å². The standard InChI is InChI=1S/C25H21ClN2O6/c1-33-19-8-7-16(26)11-18(19)27-20(29)12-34-25(32)15-3-2-4-17(10-15)28-23(30)21-13-5-6-14(9-13)22(21)24(28)31/h2-8,10-11,13-14,21-22H,9,12H2,1H3,(H,27,29)/t13-,14-,21-,22+/m0/s1. The number of methoxy groups -OCH3 is 1. The van der Waals surface area contributed by atoms with Crippen LogP contribution in [0.25, 0.3) is 0 Å². The number of carbonyl (C=O) groups is 4. The van der Waals surface area contributed by atoms with Crippen LogP contribution < -0.4 is 15.0 Å². The molecule has 0 aromatic heterocycles. The number of halogens is 1. The van der Waals surface area contributed by atoms with Crippen molar-refractivity contribution in [3.05, 3.63) is 65.2 Å². The van der Waals surface area contributed by atoms with Crippen LogP contribution in [0.15, 0.2) is 54.6 Å². The van der Waals surface area contributed by atoms with E-state index in [1.54, 1.807) is 24.3 Å². The van der Waals surface area contributed by atoms with Crippen LogP contribution in [-0.4, -0.2) is 37.4 Å². The number of nitrogens with zero attached hydrogens (tertiary/aromatic N) is 1. The third kappa shape index (κ3) is 3.74. The Labute approximate surface area is 200 Å². The fourth-order valence-corrected chi connectivity index (χ4v) is 5.28. The number of ether oxygens (including phenoxy) is 2. The third-order valence-corrected chi connectivity index (χ3v) is 6.82. The molecule has 1 saturated carbocycles. The highest BCUT2D eigenvalue weighted by molar-refractivity contribution is 6.31. The summed E-state index contributed by atoms with van der Waals surface area (Å²) >= 11 is 5.96. The maximum absolute atomic E-state index is 13.0. The molecule has 1 heterocycles. The molecule has 2 aromatic carbocycles. The van der Waals surface area contributed by atoms with Gasteiger partial charge < -0.3 is 14.8 Å². The van der Waals surface area contributed by atoms with Gasteiger partial charge in [0.25, 0.3) is 5.91 Å². The molecule has 5 rings (SSSR count). The molecule has 9 heteroatoms. The number of hydrogen-bond donors (Lipinski definition) is 1. The van der Waals surface area contributed by atoms with Gasteiger partial charge in [-0.1, -0.05) is 29.8 Å². The Kier molecular flexibility index (Phi) is 5.61. The Morgan fingerprint density at radius 1 is 1.06 bits per heavy atom.